The van der Waals surface area contributed by atoms with Crippen LogP contribution in [-0.2, 0) is 4.79 Å². The molecule has 4 rings (SSSR count). The van der Waals surface area contributed by atoms with E-state index in [1.54, 1.807) is 43.0 Å². The number of allylic oxidation sites excluding steroid dienone is 3. The Morgan fingerprint density at radius 2 is 2.06 bits per heavy atom. The van der Waals surface area contributed by atoms with E-state index in [9.17, 15) is 10.1 Å². The predicted octanol–water partition coefficient (Wildman–Crippen LogP) is 4.61. The van der Waals surface area contributed by atoms with E-state index < -0.39 is 5.92 Å². The number of hydrogen-bond donors (Lipinski definition) is 1. The van der Waals surface area contributed by atoms with E-state index in [0.29, 0.717) is 40.6 Å². The minimum absolute atomic E-state index is 0.0148. The largest absolute Gasteiger partial charge is 0.497 e. The number of anilines is 1. The lowest BCUT2D eigenvalue weighted by atomic mass is 9.68. The van der Waals surface area contributed by atoms with Gasteiger partial charge in [0.05, 0.1) is 31.8 Å². The van der Waals surface area contributed by atoms with Crippen LogP contribution in [0.25, 0.3) is 0 Å². The zero-order valence-electron chi connectivity index (χ0n) is 19.8. The highest BCUT2D eigenvalue weighted by atomic mass is 32.2. The molecule has 1 aliphatic carbocycles. The highest BCUT2D eigenvalue weighted by Crippen LogP contribution is 2.52. The van der Waals surface area contributed by atoms with Gasteiger partial charge in [0.15, 0.2) is 10.1 Å². The van der Waals surface area contributed by atoms with Gasteiger partial charge >= 0.3 is 0 Å². The van der Waals surface area contributed by atoms with E-state index >= 15 is 0 Å². The molecule has 1 aromatic heterocycles. The first kappa shape index (κ1) is 24.1. The van der Waals surface area contributed by atoms with Gasteiger partial charge in [0, 0.05) is 23.3 Å². The maximum Gasteiger partial charge on any atom is 0.219 e. The number of ether oxygens (including phenoxy) is 2. The third kappa shape index (κ3) is 4.14. The third-order valence-electron chi connectivity index (χ3n) is 5.98. The molecule has 1 aromatic carbocycles. The summed E-state index contributed by atoms with van der Waals surface area (Å²) in [5, 5.41) is 19.4. The van der Waals surface area contributed by atoms with Crippen molar-refractivity contribution >= 4 is 34.0 Å². The second-order valence-corrected chi connectivity index (χ2v) is 11.3. The number of benzene rings is 1. The van der Waals surface area contributed by atoms with Gasteiger partial charge in [-0.25, -0.2) is 0 Å². The summed E-state index contributed by atoms with van der Waals surface area (Å²) in [6.07, 6.45) is 0.972. The molecule has 1 atom stereocenters. The summed E-state index contributed by atoms with van der Waals surface area (Å²) in [5.41, 5.74) is 8.66. The Labute approximate surface area is 207 Å². The standard InChI is InChI=1S/C24H27N5O3S2/c1-6-33-23-28-27-22(34-23)29-16-10-24(2,3)11-17(30)20(16)19(15(12-25)21(29)26)14-9-13(31-4)7-8-18(14)32-5/h7-9,19H,6,10-11,26H2,1-5H3. The number of methoxy groups -OCH3 is 2. The van der Waals surface area contributed by atoms with E-state index in [2.05, 4.69) is 30.1 Å². The molecule has 1 aliphatic heterocycles. The van der Waals surface area contributed by atoms with Crippen LogP contribution in [0.1, 0.15) is 45.1 Å². The van der Waals surface area contributed by atoms with Crippen LogP contribution >= 0.6 is 23.1 Å². The minimum atomic E-state index is -0.665. The molecule has 0 spiro atoms. The number of aromatic nitrogens is 2. The molecule has 0 saturated carbocycles. The summed E-state index contributed by atoms with van der Waals surface area (Å²) in [5.74, 6) is 1.60. The van der Waals surface area contributed by atoms with Gasteiger partial charge in [-0.05, 0) is 35.8 Å². The fourth-order valence-electron chi connectivity index (χ4n) is 4.58. The van der Waals surface area contributed by atoms with Crippen molar-refractivity contribution < 1.29 is 14.3 Å². The average molecular weight is 498 g/mol. The van der Waals surface area contributed by atoms with Crippen molar-refractivity contribution in [2.45, 2.75) is 43.9 Å². The molecule has 0 amide bonds. The summed E-state index contributed by atoms with van der Waals surface area (Å²) < 4.78 is 11.9. The molecule has 1 unspecified atom stereocenters. The third-order valence-corrected chi connectivity index (χ3v) is 7.91. The molecule has 0 radical (unpaired) electrons. The quantitative estimate of drug-likeness (QED) is 0.571. The lowest BCUT2D eigenvalue weighted by molar-refractivity contribution is -0.118. The van der Waals surface area contributed by atoms with Crippen LogP contribution in [0, 0.1) is 16.7 Å². The zero-order chi connectivity index (χ0) is 24.6. The Balaban J connectivity index is 1.99. The van der Waals surface area contributed by atoms with E-state index in [1.807, 2.05) is 13.0 Å². The molecule has 178 valence electrons. The summed E-state index contributed by atoms with van der Waals surface area (Å²) >= 11 is 2.99. The van der Waals surface area contributed by atoms with Gasteiger partial charge in [0.2, 0.25) is 5.13 Å². The van der Waals surface area contributed by atoms with Gasteiger partial charge in [0.1, 0.15) is 17.3 Å². The molecule has 2 N–H and O–H groups in total. The first-order chi connectivity index (χ1) is 16.2. The highest BCUT2D eigenvalue weighted by molar-refractivity contribution is 8.01. The molecule has 0 saturated heterocycles. The number of rotatable bonds is 6. The van der Waals surface area contributed by atoms with Gasteiger partial charge in [-0.15, -0.1) is 10.2 Å². The van der Waals surface area contributed by atoms with E-state index in [0.717, 1.165) is 15.8 Å². The van der Waals surface area contributed by atoms with Crippen molar-refractivity contribution in [1.29, 1.82) is 5.26 Å². The molecule has 2 aliphatic rings. The van der Waals surface area contributed by atoms with Gasteiger partial charge in [-0.3, -0.25) is 9.69 Å². The monoisotopic (exact) mass is 497 g/mol. The lowest BCUT2D eigenvalue weighted by Gasteiger charge is -2.42. The topological polar surface area (TPSA) is 114 Å². The summed E-state index contributed by atoms with van der Waals surface area (Å²) in [6.45, 7) is 6.17. The van der Waals surface area contributed by atoms with E-state index in [1.165, 1.54) is 11.3 Å². The molecule has 8 nitrogen and oxygen atoms in total. The number of ketones is 1. The predicted molar refractivity (Wildman–Crippen MR) is 133 cm³/mol. The number of thioether (sulfide) groups is 1. The number of hydrogen-bond acceptors (Lipinski definition) is 10. The molecular formula is C24H27N5O3S2. The van der Waals surface area contributed by atoms with Crippen LogP contribution in [-0.4, -0.2) is 36.0 Å². The molecule has 0 bridgehead atoms. The van der Waals surface area contributed by atoms with Crippen molar-refractivity contribution in [3.05, 3.63) is 46.4 Å². The normalized spacial score (nSPS) is 19.7. The second kappa shape index (κ2) is 9.31. The van der Waals surface area contributed by atoms with Crippen molar-refractivity contribution in [3.63, 3.8) is 0 Å². The molecule has 0 fully saturated rings. The molecule has 2 heterocycles. The fraction of sp³-hybridized carbons (Fsp3) is 0.417. The Hall–Kier alpha value is -3.03. The summed E-state index contributed by atoms with van der Waals surface area (Å²) in [6, 6.07) is 7.65. The number of nitrogens with zero attached hydrogens (tertiary/aromatic N) is 4. The summed E-state index contributed by atoms with van der Waals surface area (Å²) in [4.78, 5) is 15.4. The van der Waals surface area contributed by atoms with Crippen LogP contribution in [0.3, 0.4) is 0 Å². The molecule has 10 heteroatoms. The van der Waals surface area contributed by atoms with Crippen molar-refractivity contribution in [3.8, 4) is 17.6 Å². The van der Waals surface area contributed by atoms with Crippen LogP contribution in [0.15, 0.2) is 45.2 Å². The van der Waals surface area contributed by atoms with Gasteiger partial charge in [-0.2, -0.15) is 5.26 Å². The maximum atomic E-state index is 13.7. The van der Waals surface area contributed by atoms with Gasteiger partial charge in [0.25, 0.3) is 0 Å². The Kier molecular flexibility index (Phi) is 6.60. The number of nitrogens with two attached hydrogens (primary N) is 1. The second-order valence-electron chi connectivity index (χ2n) is 8.87. The molecule has 34 heavy (non-hydrogen) atoms. The number of Topliss-reactive ketones (excluding diaryl/α,β-unsaturated/α-hetero) is 1. The molecule has 2 aromatic rings. The first-order valence-electron chi connectivity index (χ1n) is 10.9. The SMILES string of the molecule is CCSc1nnc(N2C(N)=C(C#N)C(c3cc(OC)ccc3OC)C3=C2CC(C)(C)CC3=O)s1. The lowest BCUT2D eigenvalue weighted by Crippen LogP contribution is -2.42. The van der Waals surface area contributed by atoms with Crippen LogP contribution in [0.2, 0.25) is 0 Å². The van der Waals surface area contributed by atoms with E-state index in [4.69, 9.17) is 15.2 Å². The van der Waals surface area contributed by atoms with Crippen LogP contribution in [0.5, 0.6) is 11.5 Å². The number of carbonyl (C=O) groups is 1. The van der Waals surface area contributed by atoms with Crippen LogP contribution in [0.4, 0.5) is 5.13 Å². The number of carbonyl (C=O) groups excluding carboxylic acids is 1. The zero-order valence-corrected chi connectivity index (χ0v) is 21.5. The molecular weight excluding hydrogens is 470 g/mol. The minimum Gasteiger partial charge on any atom is -0.497 e. The maximum absolute atomic E-state index is 13.7. The highest BCUT2D eigenvalue weighted by Gasteiger charge is 2.46. The van der Waals surface area contributed by atoms with Gasteiger partial charge < -0.3 is 15.2 Å². The van der Waals surface area contributed by atoms with E-state index in [-0.39, 0.29) is 22.6 Å². The fourth-order valence-corrected chi connectivity index (χ4v) is 6.36. The summed E-state index contributed by atoms with van der Waals surface area (Å²) in [7, 11) is 3.14. The Bertz CT molecular complexity index is 1240. The Morgan fingerprint density at radius 3 is 2.71 bits per heavy atom. The average Bonchev–Trinajstić information content (AvgIpc) is 3.25. The van der Waals surface area contributed by atoms with Crippen molar-refractivity contribution in [2.24, 2.45) is 11.1 Å². The smallest absolute Gasteiger partial charge is 0.219 e. The van der Waals surface area contributed by atoms with Crippen LogP contribution < -0.4 is 20.1 Å². The first-order valence-corrected chi connectivity index (χ1v) is 12.7. The van der Waals surface area contributed by atoms with Crippen molar-refractivity contribution in [2.75, 3.05) is 24.9 Å². The van der Waals surface area contributed by atoms with Crippen molar-refractivity contribution in [1.82, 2.24) is 10.2 Å². The number of nitriles is 1. The Morgan fingerprint density at radius 1 is 1.29 bits per heavy atom. The van der Waals surface area contributed by atoms with Gasteiger partial charge in [-0.1, -0.05) is 43.9 Å².